The molecule has 2 N–H and O–H groups in total. The number of hydrogen-bond acceptors (Lipinski definition) is 6. The summed E-state index contributed by atoms with van der Waals surface area (Å²) < 4.78 is 32.2. The largest absolute Gasteiger partial charge is 0.452 e. The Morgan fingerprint density at radius 3 is 2.48 bits per heavy atom. The van der Waals surface area contributed by atoms with E-state index in [4.69, 9.17) is 4.74 Å². The van der Waals surface area contributed by atoms with Gasteiger partial charge in [-0.3, -0.25) is 10.1 Å². The summed E-state index contributed by atoms with van der Waals surface area (Å²) in [5.74, 6) is -1.59. The van der Waals surface area contributed by atoms with Gasteiger partial charge in [0.25, 0.3) is 5.91 Å². The summed E-state index contributed by atoms with van der Waals surface area (Å²) in [5, 5.41) is 4.66. The highest BCUT2D eigenvalue weighted by molar-refractivity contribution is 7.89. The molecule has 2 fully saturated rings. The molecule has 3 amide bonds. The van der Waals surface area contributed by atoms with Crippen LogP contribution in [-0.4, -0.2) is 56.4 Å². The van der Waals surface area contributed by atoms with Gasteiger partial charge in [-0.05, 0) is 50.3 Å². The molecular formula is C19H25N3O6S. The Labute approximate surface area is 169 Å². The summed E-state index contributed by atoms with van der Waals surface area (Å²) >= 11 is 0. The molecular weight excluding hydrogens is 398 g/mol. The number of sulfonamides is 1. The van der Waals surface area contributed by atoms with Crippen LogP contribution in [0.15, 0.2) is 23.1 Å². The molecule has 1 aliphatic heterocycles. The van der Waals surface area contributed by atoms with E-state index in [1.54, 1.807) is 6.92 Å². The van der Waals surface area contributed by atoms with E-state index in [0.717, 1.165) is 32.1 Å². The van der Waals surface area contributed by atoms with E-state index in [2.05, 4.69) is 10.6 Å². The van der Waals surface area contributed by atoms with Crippen LogP contribution in [-0.2, 0) is 19.6 Å². The maximum atomic E-state index is 12.9. The summed E-state index contributed by atoms with van der Waals surface area (Å²) in [6, 6.07) is 3.73. The van der Waals surface area contributed by atoms with Gasteiger partial charge in [-0.2, -0.15) is 4.31 Å². The third-order valence-electron chi connectivity index (χ3n) is 4.86. The van der Waals surface area contributed by atoms with Gasteiger partial charge >= 0.3 is 12.0 Å². The lowest BCUT2D eigenvalue weighted by Gasteiger charge is -2.26. The van der Waals surface area contributed by atoms with Gasteiger partial charge in [0.2, 0.25) is 10.0 Å². The van der Waals surface area contributed by atoms with Crippen LogP contribution in [0.2, 0.25) is 0 Å². The normalized spacial score (nSPS) is 17.4. The molecule has 1 aromatic rings. The molecule has 0 atom stereocenters. The maximum Gasteiger partial charge on any atom is 0.338 e. The zero-order valence-corrected chi connectivity index (χ0v) is 17.1. The van der Waals surface area contributed by atoms with Gasteiger partial charge in [0.05, 0.1) is 10.5 Å². The fraction of sp³-hybridized carbons (Fsp3) is 0.526. The van der Waals surface area contributed by atoms with Crippen molar-refractivity contribution in [2.75, 3.05) is 19.7 Å². The van der Waals surface area contributed by atoms with Crippen LogP contribution in [0.5, 0.6) is 0 Å². The quantitative estimate of drug-likeness (QED) is 0.666. The fourth-order valence-electron chi connectivity index (χ4n) is 3.08. The number of imide groups is 1. The van der Waals surface area contributed by atoms with Crippen molar-refractivity contribution in [3.63, 3.8) is 0 Å². The van der Waals surface area contributed by atoms with Gasteiger partial charge < -0.3 is 10.1 Å². The minimum atomic E-state index is -3.71. The lowest BCUT2D eigenvalue weighted by Crippen LogP contribution is -2.42. The molecule has 0 spiro atoms. The highest BCUT2D eigenvalue weighted by atomic mass is 32.2. The predicted molar refractivity (Wildman–Crippen MR) is 104 cm³/mol. The standard InChI is InChI=1S/C19H25N3O6S/c1-13-5-6-14(11-16(13)29(26,27)22-9-3-2-4-10-22)18(24)28-12-17(23)21-19(25)20-15-7-8-15/h5-6,11,15H,2-4,7-10,12H2,1H3,(H2,20,21,23,25). The van der Waals surface area contributed by atoms with E-state index in [-0.39, 0.29) is 16.5 Å². The minimum absolute atomic E-state index is 0.0291. The van der Waals surface area contributed by atoms with E-state index in [9.17, 15) is 22.8 Å². The van der Waals surface area contributed by atoms with Crippen molar-refractivity contribution >= 4 is 27.9 Å². The number of ether oxygens (including phenoxy) is 1. The van der Waals surface area contributed by atoms with Gasteiger partial charge in [0, 0.05) is 19.1 Å². The zero-order valence-electron chi connectivity index (χ0n) is 16.3. The number of urea groups is 1. The average Bonchev–Trinajstić information content (AvgIpc) is 3.50. The number of carbonyl (C=O) groups excluding carboxylic acids is 3. The van der Waals surface area contributed by atoms with Crippen molar-refractivity contribution in [1.29, 1.82) is 0 Å². The number of esters is 1. The molecule has 29 heavy (non-hydrogen) atoms. The lowest BCUT2D eigenvalue weighted by molar-refractivity contribution is -0.123. The Kier molecular flexibility index (Phi) is 6.53. The number of carbonyl (C=O) groups is 3. The molecule has 1 heterocycles. The first-order chi connectivity index (χ1) is 13.8. The van der Waals surface area contributed by atoms with Crippen molar-refractivity contribution in [2.24, 2.45) is 0 Å². The molecule has 0 radical (unpaired) electrons. The fourth-order valence-corrected chi connectivity index (χ4v) is 4.84. The molecule has 0 unspecified atom stereocenters. The molecule has 1 aromatic carbocycles. The SMILES string of the molecule is Cc1ccc(C(=O)OCC(=O)NC(=O)NC2CC2)cc1S(=O)(=O)N1CCCCC1. The van der Waals surface area contributed by atoms with Gasteiger partial charge in [0.1, 0.15) is 0 Å². The molecule has 0 bridgehead atoms. The maximum absolute atomic E-state index is 12.9. The number of benzene rings is 1. The van der Waals surface area contributed by atoms with Crippen LogP contribution in [0.3, 0.4) is 0 Å². The Bertz CT molecular complexity index is 905. The number of aryl methyl sites for hydroxylation is 1. The topological polar surface area (TPSA) is 122 Å². The predicted octanol–water partition coefficient (Wildman–Crippen LogP) is 1.31. The first-order valence-electron chi connectivity index (χ1n) is 9.65. The summed E-state index contributed by atoms with van der Waals surface area (Å²) in [7, 11) is -3.71. The van der Waals surface area contributed by atoms with E-state index < -0.39 is 34.5 Å². The molecule has 1 saturated carbocycles. The lowest BCUT2D eigenvalue weighted by atomic mass is 10.1. The van der Waals surface area contributed by atoms with Gasteiger partial charge in [0.15, 0.2) is 6.61 Å². The Balaban J connectivity index is 1.62. The number of amides is 3. The van der Waals surface area contributed by atoms with Crippen LogP contribution in [0.25, 0.3) is 0 Å². The third kappa shape index (κ3) is 5.54. The Morgan fingerprint density at radius 1 is 1.14 bits per heavy atom. The Morgan fingerprint density at radius 2 is 1.83 bits per heavy atom. The van der Waals surface area contributed by atoms with E-state index >= 15 is 0 Å². The number of nitrogens with one attached hydrogen (secondary N) is 2. The van der Waals surface area contributed by atoms with Crippen molar-refractivity contribution in [2.45, 2.75) is 50.0 Å². The molecule has 3 rings (SSSR count). The molecule has 1 aliphatic carbocycles. The molecule has 2 aliphatic rings. The summed E-state index contributed by atoms with van der Waals surface area (Å²) in [5.41, 5.74) is 0.558. The molecule has 0 aromatic heterocycles. The first-order valence-corrected chi connectivity index (χ1v) is 11.1. The van der Waals surface area contributed by atoms with Gasteiger partial charge in [-0.1, -0.05) is 12.5 Å². The zero-order chi connectivity index (χ0) is 21.0. The van der Waals surface area contributed by atoms with Gasteiger partial charge in [-0.25, -0.2) is 18.0 Å². The summed E-state index contributed by atoms with van der Waals surface area (Å²) in [4.78, 5) is 35.6. The van der Waals surface area contributed by atoms with Gasteiger partial charge in [-0.15, -0.1) is 0 Å². The molecule has 158 valence electrons. The average molecular weight is 423 g/mol. The van der Waals surface area contributed by atoms with Crippen LogP contribution in [0.4, 0.5) is 4.79 Å². The highest BCUT2D eigenvalue weighted by Crippen LogP contribution is 2.24. The van der Waals surface area contributed by atoms with Crippen LogP contribution in [0, 0.1) is 6.92 Å². The molecule has 1 saturated heterocycles. The van der Waals surface area contributed by atoms with Crippen molar-refractivity contribution in [3.8, 4) is 0 Å². The smallest absolute Gasteiger partial charge is 0.338 e. The summed E-state index contributed by atoms with van der Waals surface area (Å²) in [6.45, 7) is 1.94. The van der Waals surface area contributed by atoms with E-state index in [1.807, 2.05) is 0 Å². The number of piperidine rings is 1. The minimum Gasteiger partial charge on any atom is -0.452 e. The van der Waals surface area contributed by atoms with Crippen LogP contribution in [0.1, 0.15) is 48.0 Å². The number of hydrogen-bond donors (Lipinski definition) is 2. The monoisotopic (exact) mass is 423 g/mol. The molecule has 9 nitrogen and oxygen atoms in total. The van der Waals surface area contributed by atoms with Crippen molar-refractivity contribution < 1.29 is 27.5 Å². The van der Waals surface area contributed by atoms with Crippen molar-refractivity contribution in [1.82, 2.24) is 14.9 Å². The second-order valence-electron chi connectivity index (χ2n) is 7.32. The van der Waals surface area contributed by atoms with E-state index in [0.29, 0.717) is 18.7 Å². The third-order valence-corrected chi connectivity index (χ3v) is 6.90. The van der Waals surface area contributed by atoms with Crippen LogP contribution >= 0.6 is 0 Å². The summed E-state index contributed by atoms with van der Waals surface area (Å²) in [6.07, 6.45) is 4.38. The Hall–Kier alpha value is -2.46. The second kappa shape index (κ2) is 8.91. The first kappa shape index (κ1) is 21.3. The number of rotatable bonds is 6. The second-order valence-corrected chi connectivity index (χ2v) is 9.22. The van der Waals surface area contributed by atoms with Crippen molar-refractivity contribution in [3.05, 3.63) is 29.3 Å². The van der Waals surface area contributed by atoms with E-state index in [1.165, 1.54) is 22.5 Å². The number of nitrogens with zero attached hydrogens (tertiary/aromatic N) is 1. The van der Waals surface area contributed by atoms with Crippen LogP contribution < -0.4 is 10.6 Å². The molecule has 10 heteroatoms. The highest BCUT2D eigenvalue weighted by Gasteiger charge is 2.28.